The molecule has 2 aromatic rings. The van der Waals surface area contributed by atoms with Gasteiger partial charge in [0, 0.05) is 46.0 Å². The van der Waals surface area contributed by atoms with Gasteiger partial charge in [0.05, 0.1) is 0 Å². The van der Waals surface area contributed by atoms with Crippen molar-refractivity contribution in [3.63, 3.8) is 0 Å². The van der Waals surface area contributed by atoms with Crippen molar-refractivity contribution in [3.8, 4) is 5.75 Å². The highest BCUT2D eigenvalue weighted by Gasteiger charge is 2.25. The molecule has 3 heterocycles. The molecule has 1 aliphatic heterocycles. The molecule has 6 nitrogen and oxygen atoms in total. The minimum atomic E-state index is -3.04. The molecule has 1 saturated heterocycles. The molecule has 2 aromatic heterocycles. The maximum atomic E-state index is 13.1. The minimum absolute atomic E-state index is 0. The molecule has 8 heteroatoms. The average Bonchev–Trinajstić information content (AvgIpc) is 2.67. The molecule has 1 atom stereocenters. The lowest BCUT2D eigenvalue weighted by Crippen LogP contribution is -2.51. The van der Waals surface area contributed by atoms with E-state index in [1.807, 2.05) is 0 Å². The largest absolute Gasteiger partial charge is 0.432 e. The Morgan fingerprint density at radius 2 is 2.17 bits per heavy atom. The molecular formula is C21H30F2N4O2. The average molecular weight is 408 g/mol. The molecule has 0 spiro atoms. The summed E-state index contributed by atoms with van der Waals surface area (Å²) >= 11 is 0. The zero-order valence-corrected chi connectivity index (χ0v) is 16.9. The molecule has 1 fully saturated rings. The predicted molar refractivity (Wildman–Crippen MR) is 111 cm³/mol. The van der Waals surface area contributed by atoms with Crippen LogP contribution < -0.4 is 15.0 Å². The first-order valence-electron chi connectivity index (χ1n) is 9.75. The van der Waals surface area contributed by atoms with E-state index >= 15 is 0 Å². The number of carbonyl (C=O) groups excluding carboxylic acids is 1. The van der Waals surface area contributed by atoms with Crippen molar-refractivity contribution >= 4 is 11.6 Å². The number of ether oxygens (including phenoxy) is 1. The molecule has 160 valence electrons. The Kier molecular flexibility index (Phi) is 6.74. The van der Waals surface area contributed by atoms with Gasteiger partial charge in [0.1, 0.15) is 5.82 Å². The SMILES string of the molecule is Cc1ncccc1C(=O)c1nc(N2CCN[C@@H](CC(C)C)C2)ccc1OC(F)F.[HH].[HH]. The summed E-state index contributed by atoms with van der Waals surface area (Å²) in [6.45, 7) is 5.23. The van der Waals surface area contributed by atoms with Crippen LogP contribution in [0.4, 0.5) is 14.6 Å². The monoisotopic (exact) mass is 408 g/mol. The van der Waals surface area contributed by atoms with Crippen LogP contribution in [-0.4, -0.2) is 48.0 Å². The van der Waals surface area contributed by atoms with Crippen LogP contribution >= 0.6 is 0 Å². The summed E-state index contributed by atoms with van der Waals surface area (Å²) in [6.07, 6.45) is 2.59. The number of nitrogens with zero attached hydrogens (tertiary/aromatic N) is 3. The highest BCUT2D eigenvalue weighted by molar-refractivity contribution is 6.10. The number of ketones is 1. The van der Waals surface area contributed by atoms with E-state index in [9.17, 15) is 13.6 Å². The van der Waals surface area contributed by atoms with Gasteiger partial charge in [-0.05, 0) is 43.5 Å². The van der Waals surface area contributed by atoms with Crippen LogP contribution in [0.2, 0.25) is 0 Å². The summed E-state index contributed by atoms with van der Waals surface area (Å²) in [4.78, 5) is 23.7. The lowest BCUT2D eigenvalue weighted by Gasteiger charge is -2.35. The fourth-order valence-electron chi connectivity index (χ4n) is 3.58. The molecule has 0 aliphatic carbocycles. The Balaban J connectivity index is 0.00000240. The highest BCUT2D eigenvalue weighted by atomic mass is 19.3. The Hall–Kier alpha value is -2.61. The summed E-state index contributed by atoms with van der Waals surface area (Å²) in [5.74, 6) is 0.410. The van der Waals surface area contributed by atoms with Crippen LogP contribution in [0.25, 0.3) is 0 Å². The van der Waals surface area contributed by atoms with Gasteiger partial charge in [-0.1, -0.05) is 13.8 Å². The number of carbonyl (C=O) groups is 1. The van der Waals surface area contributed by atoms with Crippen LogP contribution in [-0.2, 0) is 0 Å². The van der Waals surface area contributed by atoms with Crippen molar-refractivity contribution in [2.24, 2.45) is 5.92 Å². The van der Waals surface area contributed by atoms with E-state index in [4.69, 9.17) is 0 Å². The van der Waals surface area contributed by atoms with E-state index in [-0.39, 0.29) is 14.3 Å². The van der Waals surface area contributed by atoms with Gasteiger partial charge in [-0.2, -0.15) is 8.78 Å². The van der Waals surface area contributed by atoms with E-state index in [0.717, 1.165) is 26.1 Å². The number of anilines is 1. The maximum absolute atomic E-state index is 13.1. The normalized spacial score (nSPS) is 17.1. The second-order valence-corrected chi connectivity index (χ2v) is 7.59. The fourth-order valence-corrected chi connectivity index (χ4v) is 3.58. The van der Waals surface area contributed by atoms with Crippen molar-refractivity contribution in [2.45, 2.75) is 39.8 Å². The van der Waals surface area contributed by atoms with E-state index in [2.05, 4.69) is 38.8 Å². The lowest BCUT2D eigenvalue weighted by molar-refractivity contribution is -0.0503. The standard InChI is InChI=1S/C21H26F2N4O2.2H2/c1-13(2)11-15-12-27(10-9-25-15)18-7-6-17(29-21(22)23)19(26-18)20(28)16-5-4-8-24-14(16)3;;/h4-8,13,15,21,25H,9-12H2,1-3H3;2*1H/t15-;;/m0../s1. The first-order valence-corrected chi connectivity index (χ1v) is 9.75. The smallest absolute Gasteiger partial charge is 0.387 e. The summed E-state index contributed by atoms with van der Waals surface area (Å²) in [5, 5.41) is 3.49. The first kappa shape index (κ1) is 21.1. The molecule has 0 aromatic carbocycles. The van der Waals surface area contributed by atoms with Gasteiger partial charge in [0.2, 0.25) is 5.78 Å². The number of halogens is 2. The van der Waals surface area contributed by atoms with Gasteiger partial charge in [-0.25, -0.2) is 4.98 Å². The number of alkyl halides is 2. The molecule has 1 N–H and O–H groups in total. The fraction of sp³-hybridized carbons (Fsp3) is 0.476. The second-order valence-electron chi connectivity index (χ2n) is 7.59. The lowest BCUT2D eigenvalue weighted by atomic mass is 10.0. The third-order valence-corrected chi connectivity index (χ3v) is 4.86. The van der Waals surface area contributed by atoms with E-state index in [1.165, 1.54) is 6.07 Å². The quantitative estimate of drug-likeness (QED) is 0.700. The number of hydrogen-bond donors (Lipinski definition) is 1. The molecule has 0 saturated carbocycles. The number of nitrogens with one attached hydrogen (secondary N) is 1. The molecule has 0 amide bonds. The number of aromatic nitrogens is 2. The van der Waals surface area contributed by atoms with Gasteiger partial charge in [-0.3, -0.25) is 9.78 Å². The number of piperazine rings is 1. The van der Waals surface area contributed by atoms with Gasteiger partial charge in [0.15, 0.2) is 11.4 Å². The van der Waals surface area contributed by atoms with Crippen LogP contribution in [0.1, 0.15) is 44.9 Å². The van der Waals surface area contributed by atoms with Crippen molar-refractivity contribution in [1.29, 1.82) is 0 Å². The maximum Gasteiger partial charge on any atom is 0.387 e. The van der Waals surface area contributed by atoms with Crippen LogP contribution in [0.3, 0.4) is 0 Å². The van der Waals surface area contributed by atoms with Gasteiger partial charge >= 0.3 is 6.61 Å². The summed E-state index contributed by atoms with van der Waals surface area (Å²) < 4.78 is 30.3. The molecule has 29 heavy (non-hydrogen) atoms. The van der Waals surface area contributed by atoms with Crippen molar-refractivity contribution in [1.82, 2.24) is 15.3 Å². The molecule has 0 radical (unpaired) electrons. The Morgan fingerprint density at radius 1 is 1.38 bits per heavy atom. The number of pyridine rings is 2. The summed E-state index contributed by atoms with van der Waals surface area (Å²) in [6, 6.07) is 6.57. The number of hydrogen-bond acceptors (Lipinski definition) is 6. The van der Waals surface area contributed by atoms with Gasteiger partial charge in [-0.15, -0.1) is 0 Å². The van der Waals surface area contributed by atoms with Crippen molar-refractivity contribution in [3.05, 3.63) is 47.4 Å². The molecule has 0 bridgehead atoms. The summed E-state index contributed by atoms with van der Waals surface area (Å²) in [7, 11) is 0. The first-order chi connectivity index (χ1) is 13.8. The zero-order valence-electron chi connectivity index (χ0n) is 16.9. The van der Waals surface area contributed by atoms with Crippen LogP contribution in [0.15, 0.2) is 30.5 Å². The summed E-state index contributed by atoms with van der Waals surface area (Å²) in [5.41, 5.74) is 0.693. The number of rotatable bonds is 7. The molecule has 1 aliphatic rings. The van der Waals surface area contributed by atoms with Crippen molar-refractivity contribution in [2.75, 3.05) is 24.5 Å². The minimum Gasteiger partial charge on any atom is -0.432 e. The molecule has 3 rings (SSSR count). The van der Waals surface area contributed by atoms with Crippen LogP contribution in [0, 0.1) is 12.8 Å². The second kappa shape index (κ2) is 9.26. The van der Waals surface area contributed by atoms with E-state index in [0.29, 0.717) is 29.0 Å². The van der Waals surface area contributed by atoms with Gasteiger partial charge < -0.3 is 15.0 Å². The van der Waals surface area contributed by atoms with E-state index < -0.39 is 12.4 Å². The zero-order chi connectivity index (χ0) is 21.0. The molecule has 0 unspecified atom stereocenters. The third-order valence-electron chi connectivity index (χ3n) is 4.86. The van der Waals surface area contributed by atoms with Crippen molar-refractivity contribution < 1.29 is 21.2 Å². The number of aryl methyl sites for hydroxylation is 1. The van der Waals surface area contributed by atoms with Crippen LogP contribution in [0.5, 0.6) is 5.75 Å². The predicted octanol–water partition coefficient (Wildman–Crippen LogP) is 3.93. The van der Waals surface area contributed by atoms with E-state index in [1.54, 1.807) is 31.3 Å². The topological polar surface area (TPSA) is 67.4 Å². The Morgan fingerprint density at radius 3 is 2.86 bits per heavy atom. The third kappa shape index (κ3) is 5.26. The molecular weight excluding hydrogens is 378 g/mol. The Labute approximate surface area is 172 Å². The highest BCUT2D eigenvalue weighted by Crippen LogP contribution is 2.27. The Bertz CT molecular complexity index is 871. The van der Waals surface area contributed by atoms with Gasteiger partial charge in [0.25, 0.3) is 0 Å².